The lowest BCUT2D eigenvalue weighted by molar-refractivity contribution is 0.167. The lowest BCUT2D eigenvalue weighted by Crippen LogP contribution is -2.10. The summed E-state index contributed by atoms with van der Waals surface area (Å²) >= 11 is 6.00. The predicted molar refractivity (Wildman–Crippen MR) is 70.0 cm³/mol. The van der Waals surface area contributed by atoms with Crippen LogP contribution >= 0.6 is 11.6 Å². The van der Waals surface area contributed by atoms with Crippen LogP contribution in [0, 0.1) is 0 Å². The Morgan fingerprint density at radius 3 is 2.94 bits per heavy atom. The Morgan fingerprint density at radius 2 is 2.31 bits per heavy atom. The van der Waals surface area contributed by atoms with Crippen molar-refractivity contribution in [2.75, 3.05) is 30.8 Å². The van der Waals surface area contributed by atoms with Crippen LogP contribution in [0.5, 0.6) is 0 Å². The van der Waals surface area contributed by atoms with Gasteiger partial charge in [0.1, 0.15) is 0 Å². The summed E-state index contributed by atoms with van der Waals surface area (Å²) in [4.78, 5) is 0. The molecule has 0 saturated carbocycles. The summed E-state index contributed by atoms with van der Waals surface area (Å²) in [6.45, 7) is 7.61. The Balaban J connectivity index is 2.29. The molecule has 0 unspecified atom stereocenters. The molecule has 3 N–H and O–H groups in total. The van der Waals surface area contributed by atoms with Gasteiger partial charge in [-0.1, -0.05) is 23.8 Å². The van der Waals surface area contributed by atoms with Crippen LogP contribution in [0.25, 0.3) is 0 Å². The molecule has 0 fully saturated rings. The van der Waals surface area contributed by atoms with Crippen LogP contribution in [-0.4, -0.2) is 19.8 Å². The smallest absolute Gasteiger partial charge is 0.0672 e. The molecule has 0 aliphatic heterocycles. The molecular formula is C12H17ClN2O. The van der Waals surface area contributed by atoms with Crippen LogP contribution in [0.2, 0.25) is 5.02 Å². The molecule has 0 spiro atoms. The molecule has 0 amide bonds. The molecule has 0 bridgehead atoms. The zero-order chi connectivity index (χ0) is 12.0. The molecule has 0 aliphatic rings. The molecule has 0 radical (unpaired) electrons. The summed E-state index contributed by atoms with van der Waals surface area (Å²) in [6, 6.07) is 5.39. The van der Waals surface area contributed by atoms with E-state index in [0.717, 1.165) is 11.3 Å². The van der Waals surface area contributed by atoms with Gasteiger partial charge in [0.05, 0.1) is 23.9 Å². The average Bonchev–Trinajstić information content (AvgIpc) is 2.20. The Morgan fingerprint density at radius 1 is 1.56 bits per heavy atom. The van der Waals surface area contributed by atoms with E-state index in [-0.39, 0.29) is 0 Å². The minimum absolute atomic E-state index is 0.594. The largest absolute Gasteiger partial charge is 0.399 e. The van der Waals surface area contributed by atoms with E-state index in [9.17, 15) is 0 Å². The van der Waals surface area contributed by atoms with Gasteiger partial charge in [-0.25, -0.2) is 0 Å². The number of hydrogen-bond donors (Lipinski definition) is 2. The molecule has 1 aromatic rings. The number of rotatable bonds is 6. The van der Waals surface area contributed by atoms with E-state index >= 15 is 0 Å². The van der Waals surface area contributed by atoms with E-state index in [1.165, 1.54) is 0 Å². The van der Waals surface area contributed by atoms with Gasteiger partial charge in [0.15, 0.2) is 0 Å². The van der Waals surface area contributed by atoms with Crippen molar-refractivity contribution in [3.63, 3.8) is 0 Å². The number of benzene rings is 1. The fourth-order valence-corrected chi connectivity index (χ4v) is 1.43. The van der Waals surface area contributed by atoms with Gasteiger partial charge in [-0.05, 0) is 25.1 Å². The highest BCUT2D eigenvalue weighted by Gasteiger charge is 1.99. The van der Waals surface area contributed by atoms with Gasteiger partial charge in [-0.2, -0.15) is 0 Å². The number of ether oxygens (including phenoxy) is 1. The predicted octanol–water partition coefficient (Wildman–Crippen LogP) is 2.93. The molecule has 4 heteroatoms. The minimum atomic E-state index is 0.594. The lowest BCUT2D eigenvalue weighted by Gasteiger charge is -2.09. The maximum absolute atomic E-state index is 6.00. The van der Waals surface area contributed by atoms with Crippen molar-refractivity contribution in [2.24, 2.45) is 0 Å². The van der Waals surface area contributed by atoms with Crippen molar-refractivity contribution in [2.45, 2.75) is 6.92 Å². The van der Waals surface area contributed by atoms with Gasteiger partial charge in [-0.3, -0.25) is 0 Å². The average molecular weight is 241 g/mol. The zero-order valence-corrected chi connectivity index (χ0v) is 10.2. The summed E-state index contributed by atoms with van der Waals surface area (Å²) in [5.74, 6) is 0. The highest BCUT2D eigenvalue weighted by atomic mass is 35.5. The standard InChI is InChI=1S/C12H17ClN2O/c1-9(2)8-16-6-5-15-12-4-3-10(14)7-11(12)13/h3-4,7,15H,1,5-6,8,14H2,2H3. The first-order valence-electron chi connectivity index (χ1n) is 5.10. The summed E-state index contributed by atoms with van der Waals surface area (Å²) in [6.07, 6.45) is 0. The van der Waals surface area contributed by atoms with Gasteiger partial charge in [-0.15, -0.1) is 0 Å². The number of nitrogen functional groups attached to an aromatic ring is 1. The summed E-state index contributed by atoms with van der Waals surface area (Å²) in [5, 5.41) is 3.80. The first-order valence-corrected chi connectivity index (χ1v) is 5.48. The number of anilines is 2. The van der Waals surface area contributed by atoms with Gasteiger partial charge in [0.25, 0.3) is 0 Å². The van der Waals surface area contributed by atoms with Crippen LogP contribution < -0.4 is 11.1 Å². The minimum Gasteiger partial charge on any atom is -0.399 e. The molecule has 0 aromatic heterocycles. The van der Waals surface area contributed by atoms with Gasteiger partial charge >= 0.3 is 0 Å². The Hall–Kier alpha value is -1.19. The topological polar surface area (TPSA) is 47.3 Å². The molecular weight excluding hydrogens is 224 g/mol. The van der Waals surface area contributed by atoms with E-state index < -0.39 is 0 Å². The van der Waals surface area contributed by atoms with Crippen LogP contribution in [0.15, 0.2) is 30.4 Å². The Bertz CT molecular complexity index is 366. The SMILES string of the molecule is C=C(C)COCCNc1ccc(N)cc1Cl. The third kappa shape index (κ3) is 4.55. The Kier molecular flexibility index (Phi) is 5.15. The van der Waals surface area contributed by atoms with Crippen molar-refractivity contribution in [1.29, 1.82) is 0 Å². The summed E-state index contributed by atoms with van der Waals surface area (Å²) < 4.78 is 5.35. The van der Waals surface area contributed by atoms with E-state index in [1.54, 1.807) is 6.07 Å². The molecule has 3 nitrogen and oxygen atoms in total. The molecule has 0 aliphatic carbocycles. The first kappa shape index (κ1) is 12.9. The molecule has 88 valence electrons. The number of nitrogens with one attached hydrogen (secondary N) is 1. The quantitative estimate of drug-likeness (QED) is 0.457. The fourth-order valence-electron chi connectivity index (χ4n) is 1.18. The molecule has 1 rings (SSSR count). The first-order chi connectivity index (χ1) is 7.59. The molecule has 0 heterocycles. The molecule has 16 heavy (non-hydrogen) atoms. The second-order valence-electron chi connectivity index (χ2n) is 3.68. The summed E-state index contributed by atoms with van der Waals surface area (Å²) in [7, 11) is 0. The Labute approximate surface area is 101 Å². The van der Waals surface area contributed by atoms with Crippen molar-refractivity contribution in [1.82, 2.24) is 0 Å². The van der Waals surface area contributed by atoms with Crippen molar-refractivity contribution >= 4 is 23.0 Å². The van der Waals surface area contributed by atoms with Crippen molar-refractivity contribution in [3.8, 4) is 0 Å². The third-order valence-corrected chi connectivity index (χ3v) is 2.22. The molecule has 0 atom stereocenters. The maximum Gasteiger partial charge on any atom is 0.0672 e. The van der Waals surface area contributed by atoms with E-state index in [1.807, 2.05) is 19.1 Å². The normalized spacial score (nSPS) is 10.1. The number of nitrogens with two attached hydrogens (primary N) is 1. The van der Waals surface area contributed by atoms with Crippen LogP contribution in [0.3, 0.4) is 0 Å². The highest BCUT2D eigenvalue weighted by molar-refractivity contribution is 6.33. The zero-order valence-electron chi connectivity index (χ0n) is 9.42. The van der Waals surface area contributed by atoms with Gasteiger partial charge in [0.2, 0.25) is 0 Å². The van der Waals surface area contributed by atoms with Crippen LogP contribution in [0.1, 0.15) is 6.92 Å². The second kappa shape index (κ2) is 6.40. The summed E-state index contributed by atoms with van der Waals surface area (Å²) in [5.41, 5.74) is 8.14. The fraction of sp³-hybridized carbons (Fsp3) is 0.333. The number of halogens is 1. The van der Waals surface area contributed by atoms with Crippen molar-refractivity contribution < 1.29 is 4.74 Å². The van der Waals surface area contributed by atoms with Crippen molar-refractivity contribution in [3.05, 3.63) is 35.4 Å². The lowest BCUT2D eigenvalue weighted by atomic mass is 10.3. The van der Waals surface area contributed by atoms with E-state index in [4.69, 9.17) is 22.1 Å². The van der Waals surface area contributed by atoms with Crippen LogP contribution in [0.4, 0.5) is 11.4 Å². The molecule has 1 aromatic carbocycles. The second-order valence-corrected chi connectivity index (χ2v) is 4.08. The number of hydrogen-bond acceptors (Lipinski definition) is 3. The third-order valence-electron chi connectivity index (χ3n) is 1.90. The van der Waals surface area contributed by atoms with Gasteiger partial charge < -0.3 is 15.8 Å². The monoisotopic (exact) mass is 240 g/mol. The van der Waals surface area contributed by atoms with Gasteiger partial charge in [0, 0.05) is 12.2 Å². The maximum atomic E-state index is 6.00. The molecule has 0 saturated heterocycles. The van der Waals surface area contributed by atoms with E-state index in [2.05, 4.69) is 11.9 Å². The highest BCUT2D eigenvalue weighted by Crippen LogP contribution is 2.23. The van der Waals surface area contributed by atoms with E-state index in [0.29, 0.717) is 30.5 Å². The van der Waals surface area contributed by atoms with Crippen LogP contribution in [-0.2, 0) is 4.74 Å².